The first-order chi connectivity index (χ1) is 12.3. The highest BCUT2D eigenvalue weighted by Gasteiger charge is 2.24. The standard InChI is InChI=1S/C20H18N4O/c1-25-16-5-2-4-14(11-16)20-19(18-6-3-9-24(18)23-20)13-7-8-17-15(10-13)12-21-22-17/h2,4-5,7-8,10-12H,3,6,9H2,1H3,(H,21,22). The van der Waals surface area contributed by atoms with Crippen molar-refractivity contribution in [2.45, 2.75) is 19.4 Å². The molecule has 0 bridgehead atoms. The van der Waals surface area contributed by atoms with Crippen molar-refractivity contribution in [3.63, 3.8) is 0 Å². The van der Waals surface area contributed by atoms with E-state index in [1.807, 2.05) is 18.3 Å². The van der Waals surface area contributed by atoms with E-state index >= 15 is 0 Å². The zero-order chi connectivity index (χ0) is 16.8. The van der Waals surface area contributed by atoms with Crippen molar-refractivity contribution >= 4 is 10.9 Å². The molecule has 2 aromatic carbocycles. The number of hydrogen-bond donors (Lipinski definition) is 1. The summed E-state index contributed by atoms with van der Waals surface area (Å²) in [6.07, 6.45) is 4.09. The van der Waals surface area contributed by atoms with Gasteiger partial charge >= 0.3 is 0 Å². The molecule has 124 valence electrons. The maximum absolute atomic E-state index is 5.40. The number of aromatic amines is 1. The topological polar surface area (TPSA) is 55.7 Å². The zero-order valence-corrected chi connectivity index (χ0v) is 14.0. The van der Waals surface area contributed by atoms with Gasteiger partial charge in [0.2, 0.25) is 0 Å². The minimum absolute atomic E-state index is 0.849. The minimum Gasteiger partial charge on any atom is -0.497 e. The summed E-state index contributed by atoms with van der Waals surface area (Å²) in [5, 5.41) is 13.2. The number of rotatable bonds is 3. The molecule has 0 radical (unpaired) electrons. The van der Waals surface area contributed by atoms with Crippen molar-refractivity contribution in [2.24, 2.45) is 0 Å². The van der Waals surface area contributed by atoms with Crippen molar-refractivity contribution in [3.05, 3.63) is 54.4 Å². The van der Waals surface area contributed by atoms with Crippen LogP contribution in [0.2, 0.25) is 0 Å². The lowest BCUT2D eigenvalue weighted by Crippen LogP contribution is -1.94. The van der Waals surface area contributed by atoms with E-state index in [1.165, 1.54) is 16.8 Å². The molecule has 0 amide bonds. The Morgan fingerprint density at radius 2 is 2.08 bits per heavy atom. The summed E-state index contributed by atoms with van der Waals surface area (Å²) in [6, 6.07) is 14.6. The highest BCUT2D eigenvalue weighted by molar-refractivity contribution is 5.89. The lowest BCUT2D eigenvalue weighted by atomic mass is 9.97. The molecule has 1 aliphatic heterocycles. The number of benzene rings is 2. The van der Waals surface area contributed by atoms with E-state index in [-0.39, 0.29) is 0 Å². The molecule has 1 aliphatic rings. The van der Waals surface area contributed by atoms with Crippen LogP contribution in [0, 0.1) is 0 Å². The summed E-state index contributed by atoms with van der Waals surface area (Å²) in [6.45, 7) is 0.986. The van der Waals surface area contributed by atoms with E-state index in [2.05, 4.69) is 45.2 Å². The van der Waals surface area contributed by atoms with E-state index in [0.717, 1.165) is 47.3 Å². The van der Waals surface area contributed by atoms with Crippen molar-refractivity contribution in [1.82, 2.24) is 20.0 Å². The molecule has 0 aliphatic carbocycles. The highest BCUT2D eigenvalue weighted by atomic mass is 16.5. The third kappa shape index (κ3) is 2.23. The molecule has 25 heavy (non-hydrogen) atoms. The van der Waals surface area contributed by atoms with Gasteiger partial charge < -0.3 is 4.74 Å². The summed E-state index contributed by atoms with van der Waals surface area (Å²) in [5.41, 5.74) is 6.90. The Morgan fingerprint density at radius 1 is 1.12 bits per heavy atom. The number of nitrogens with zero attached hydrogens (tertiary/aromatic N) is 3. The predicted octanol–water partition coefficient (Wildman–Crippen LogP) is 4.05. The zero-order valence-electron chi connectivity index (χ0n) is 14.0. The number of hydrogen-bond acceptors (Lipinski definition) is 3. The number of methoxy groups -OCH3 is 1. The summed E-state index contributed by atoms with van der Waals surface area (Å²) < 4.78 is 7.56. The van der Waals surface area contributed by atoms with Crippen LogP contribution in [-0.4, -0.2) is 27.1 Å². The molecule has 0 fully saturated rings. The number of fused-ring (bicyclic) bond motifs is 2. The SMILES string of the molecule is COc1cccc(-c2nn3c(c2-c2ccc4[nH]ncc4c2)CCC3)c1. The smallest absolute Gasteiger partial charge is 0.119 e. The van der Waals surface area contributed by atoms with Crippen LogP contribution >= 0.6 is 0 Å². The number of aromatic nitrogens is 4. The van der Waals surface area contributed by atoms with Gasteiger partial charge in [-0.2, -0.15) is 10.2 Å². The minimum atomic E-state index is 0.849. The number of aryl methyl sites for hydroxylation is 1. The van der Waals surface area contributed by atoms with Crippen molar-refractivity contribution in [1.29, 1.82) is 0 Å². The molecule has 5 heteroatoms. The Labute approximate surface area is 145 Å². The summed E-state index contributed by atoms with van der Waals surface area (Å²) >= 11 is 0. The second kappa shape index (κ2) is 5.48. The first kappa shape index (κ1) is 14.3. The summed E-state index contributed by atoms with van der Waals surface area (Å²) in [4.78, 5) is 0. The maximum Gasteiger partial charge on any atom is 0.119 e. The van der Waals surface area contributed by atoms with Crippen LogP contribution in [-0.2, 0) is 13.0 Å². The summed E-state index contributed by atoms with van der Waals surface area (Å²) in [5.74, 6) is 0.849. The average Bonchev–Trinajstić information content (AvgIpc) is 3.36. The molecule has 0 spiro atoms. The quantitative estimate of drug-likeness (QED) is 0.616. The van der Waals surface area contributed by atoms with Crippen LogP contribution in [0.1, 0.15) is 12.1 Å². The third-order valence-corrected chi connectivity index (χ3v) is 4.91. The van der Waals surface area contributed by atoms with Gasteiger partial charge in [0.05, 0.1) is 18.8 Å². The molecule has 5 nitrogen and oxygen atoms in total. The fourth-order valence-corrected chi connectivity index (χ4v) is 3.71. The van der Waals surface area contributed by atoms with Crippen LogP contribution in [0.4, 0.5) is 0 Å². The molecular formula is C20H18N4O. The average molecular weight is 330 g/mol. The van der Waals surface area contributed by atoms with Gasteiger partial charge in [-0.1, -0.05) is 18.2 Å². The molecular weight excluding hydrogens is 312 g/mol. The number of ether oxygens (including phenoxy) is 1. The Morgan fingerprint density at radius 3 is 3.00 bits per heavy atom. The molecule has 0 atom stereocenters. The van der Waals surface area contributed by atoms with Crippen molar-refractivity contribution < 1.29 is 4.74 Å². The Balaban J connectivity index is 1.74. The van der Waals surface area contributed by atoms with Gasteiger partial charge in [-0.15, -0.1) is 0 Å². The lowest BCUT2D eigenvalue weighted by molar-refractivity contribution is 0.415. The van der Waals surface area contributed by atoms with Gasteiger partial charge in [-0.3, -0.25) is 9.78 Å². The predicted molar refractivity (Wildman–Crippen MR) is 97.6 cm³/mol. The molecule has 0 saturated heterocycles. The molecule has 1 N–H and O–H groups in total. The van der Waals surface area contributed by atoms with Gasteiger partial charge in [0, 0.05) is 28.8 Å². The van der Waals surface area contributed by atoms with Crippen molar-refractivity contribution in [3.8, 4) is 28.1 Å². The van der Waals surface area contributed by atoms with Crippen LogP contribution < -0.4 is 4.74 Å². The number of nitrogens with one attached hydrogen (secondary N) is 1. The first-order valence-electron chi connectivity index (χ1n) is 8.51. The van der Waals surface area contributed by atoms with Crippen LogP contribution in [0.25, 0.3) is 33.3 Å². The van der Waals surface area contributed by atoms with E-state index in [0.29, 0.717) is 0 Å². The second-order valence-electron chi connectivity index (χ2n) is 6.40. The van der Waals surface area contributed by atoms with Crippen LogP contribution in [0.5, 0.6) is 5.75 Å². The first-order valence-corrected chi connectivity index (χ1v) is 8.51. The Kier molecular flexibility index (Phi) is 3.13. The van der Waals surface area contributed by atoms with Gasteiger partial charge in [0.25, 0.3) is 0 Å². The number of H-pyrrole nitrogens is 1. The Hall–Kier alpha value is -3.08. The second-order valence-corrected chi connectivity index (χ2v) is 6.40. The van der Waals surface area contributed by atoms with Gasteiger partial charge in [-0.05, 0) is 42.7 Å². The van der Waals surface area contributed by atoms with Crippen LogP contribution in [0.3, 0.4) is 0 Å². The maximum atomic E-state index is 5.40. The van der Waals surface area contributed by atoms with E-state index in [4.69, 9.17) is 9.84 Å². The molecule has 0 unspecified atom stereocenters. The van der Waals surface area contributed by atoms with Crippen LogP contribution in [0.15, 0.2) is 48.7 Å². The van der Waals surface area contributed by atoms with Crippen molar-refractivity contribution in [2.75, 3.05) is 7.11 Å². The highest BCUT2D eigenvalue weighted by Crippen LogP contribution is 2.39. The molecule has 0 saturated carbocycles. The fraction of sp³-hybridized carbons (Fsp3) is 0.200. The van der Waals surface area contributed by atoms with Gasteiger partial charge in [-0.25, -0.2) is 0 Å². The lowest BCUT2D eigenvalue weighted by Gasteiger charge is -2.07. The van der Waals surface area contributed by atoms with Gasteiger partial charge in [0.15, 0.2) is 0 Å². The van der Waals surface area contributed by atoms with E-state index in [9.17, 15) is 0 Å². The largest absolute Gasteiger partial charge is 0.497 e. The molecule has 4 aromatic rings. The van der Waals surface area contributed by atoms with E-state index in [1.54, 1.807) is 7.11 Å². The fourth-order valence-electron chi connectivity index (χ4n) is 3.71. The summed E-state index contributed by atoms with van der Waals surface area (Å²) in [7, 11) is 1.69. The monoisotopic (exact) mass is 330 g/mol. The Bertz CT molecular complexity index is 1080. The third-order valence-electron chi connectivity index (χ3n) is 4.91. The van der Waals surface area contributed by atoms with Gasteiger partial charge in [0.1, 0.15) is 11.4 Å². The normalized spacial score (nSPS) is 13.3. The van der Waals surface area contributed by atoms with E-state index < -0.39 is 0 Å². The molecule has 3 heterocycles. The molecule has 5 rings (SSSR count). The molecule has 2 aromatic heterocycles.